The van der Waals surface area contributed by atoms with Crippen LogP contribution in [0.4, 0.5) is 0 Å². The van der Waals surface area contributed by atoms with Crippen LogP contribution in [0.1, 0.15) is 0 Å². The molecular formula is C10H4O14. The first-order chi connectivity index (χ1) is 10.9. The molecule has 128 valence electrons. The Balaban J connectivity index is 0.000000242. The van der Waals surface area contributed by atoms with Gasteiger partial charge < -0.3 is 29.9 Å². The zero-order valence-corrected chi connectivity index (χ0v) is 10.9. The fourth-order valence-corrected chi connectivity index (χ4v) is 1.43. The van der Waals surface area contributed by atoms with Gasteiger partial charge in [0.2, 0.25) is 0 Å². The number of rotatable bonds is 4. The Bertz CT molecular complexity index is 601. The van der Waals surface area contributed by atoms with Crippen molar-refractivity contribution in [1.82, 2.24) is 0 Å². The molecule has 0 atom stereocenters. The van der Waals surface area contributed by atoms with E-state index in [4.69, 9.17) is 20.4 Å². The Morgan fingerprint density at radius 2 is 0.833 bits per heavy atom. The van der Waals surface area contributed by atoms with Gasteiger partial charge in [0.05, 0.1) is 0 Å². The van der Waals surface area contributed by atoms with Gasteiger partial charge in [0.15, 0.2) is 0 Å². The van der Waals surface area contributed by atoms with Gasteiger partial charge in [0, 0.05) is 0 Å². The van der Waals surface area contributed by atoms with Crippen LogP contribution in [0.3, 0.4) is 0 Å². The Hall–Kier alpha value is -3.84. The van der Waals surface area contributed by atoms with E-state index in [1.165, 1.54) is 0 Å². The van der Waals surface area contributed by atoms with E-state index in [0.29, 0.717) is 0 Å². The SMILES string of the molecule is O=C(O)C(C(=O)O)(C(=O)O)C(=O)O.O=C1OC(=O)C12C(=O)OC2=O. The highest BCUT2D eigenvalue weighted by Gasteiger charge is 2.80. The number of aliphatic carboxylic acids is 4. The zero-order valence-electron chi connectivity index (χ0n) is 10.9. The van der Waals surface area contributed by atoms with Crippen molar-refractivity contribution >= 4 is 47.8 Å². The molecule has 2 aliphatic heterocycles. The van der Waals surface area contributed by atoms with E-state index in [1.807, 2.05) is 0 Å². The molecule has 0 unspecified atom stereocenters. The monoisotopic (exact) mass is 348 g/mol. The summed E-state index contributed by atoms with van der Waals surface area (Å²) in [5.74, 6) is -14.4. The lowest BCUT2D eigenvalue weighted by atomic mass is 9.80. The van der Waals surface area contributed by atoms with E-state index in [0.717, 1.165) is 0 Å². The average molecular weight is 348 g/mol. The minimum atomic E-state index is -3.83. The van der Waals surface area contributed by atoms with Gasteiger partial charge in [-0.2, -0.15) is 0 Å². The van der Waals surface area contributed by atoms with Crippen molar-refractivity contribution in [2.75, 3.05) is 0 Å². The van der Waals surface area contributed by atoms with E-state index >= 15 is 0 Å². The van der Waals surface area contributed by atoms with Crippen molar-refractivity contribution in [2.45, 2.75) is 0 Å². The van der Waals surface area contributed by atoms with Gasteiger partial charge in [-0.3, -0.25) is 0 Å². The molecule has 0 aliphatic carbocycles. The molecule has 4 N–H and O–H groups in total. The van der Waals surface area contributed by atoms with E-state index in [2.05, 4.69) is 9.47 Å². The molecule has 0 radical (unpaired) electrons. The third-order valence-electron chi connectivity index (χ3n) is 2.88. The summed E-state index contributed by atoms with van der Waals surface area (Å²) < 4.78 is 7.68. The summed E-state index contributed by atoms with van der Waals surface area (Å²) >= 11 is 0. The molecule has 0 aromatic rings. The second-order valence-electron chi connectivity index (χ2n) is 4.07. The third-order valence-corrected chi connectivity index (χ3v) is 2.88. The van der Waals surface area contributed by atoms with Crippen LogP contribution in [0.5, 0.6) is 0 Å². The number of carboxylic acid groups (broad SMARTS) is 4. The van der Waals surface area contributed by atoms with Crippen LogP contribution in [0.2, 0.25) is 0 Å². The number of cyclic esters (lactones) is 4. The first-order valence-corrected chi connectivity index (χ1v) is 5.34. The highest BCUT2D eigenvalue weighted by Crippen LogP contribution is 2.40. The van der Waals surface area contributed by atoms with Crippen LogP contribution in [0, 0.1) is 10.8 Å². The van der Waals surface area contributed by atoms with Gasteiger partial charge in [-0.15, -0.1) is 0 Å². The first-order valence-electron chi connectivity index (χ1n) is 5.34. The van der Waals surface area contributed by atoms with Gasteiger partial charge >= 0.3 is 58.6 Å². The smallest absolute Gasteiger partial charge is 0.357 e. The third kappa shape index (κ3) is 1.97. The Morgan fingerprint density at radius 1 is 0.625 bits per heavy atom. The Kier molecular flexibility index (Phi) is 4.11. The number of carbonyl (C=O) groups excluding carboxylic acids is 4. The molecule has 14 nitrogen and oxygen atoms in total. The van der Waals surface area contributed by atoms with Gasteiger partial charge in [0.25, 0.3) is 0 Å². The predicted octanol–water partition coefficient (Wildman–Crippen LogP) is -3.55. The zero-order chi connectivity index (χ0) is 19.0. The molecule has 14 heteroatoms. The molecule has 0 amide bonds. The molecule has 2 heterocycles. The molecule has 0 saturated carbocycles. The minimum Gasteiger partial charge on any atom is -0.480 e. The molecule has 24 heavy (non-hydrogen) atoms. The average Bonchev–Trinajstić information content (AvgIpc) is 2.37. The number of esters is 4. The van der Waals surface area contributed by atoms with Crippen molar-refractivity contribution in [3.63, 3.8) is 0 Å². The number of carboxylic acids is 4. The summed E-state index contributed by atoms with van der Waals surface area (Å²) in [6.45, 7) is 0. The molecule has 1 spiro atoms. The Morgan fingerprint density at radius 3 is 0.875 bits per heavy atom. The molecule has 2 rings (SSSR count). The second kappa shape index (κ2) is 5.41. The summed E-state index contributed by atoms with van der Waals surface area (Å²) in [7, 11) is 0. The van der Waals surface area contributed by atoms with Gasteiger partial charge in [-0.1, -0.05) is 0 Å². The fraction of sp³-hybridized carbons (Fsp3) is 0.200. The highest BCUT2D eigenvalue weighted by atomic mass is 16.7. The largest absolute Gasteiger partial charge is 0.480 e. The van der Waals surface area contributed by atoms with E-state index in [9.17, 15) is 38.4 Å². The van der Waals surface area contributed by atoms with Crippen LogP contribution >= 0.6 is 0 Å². The van der Waals surface area contributed by atoms with Crippen molar-refractivity contribution in [3.8, 4) is 0 Å². The lowest BCUT2D eigenvalue weighted by Crippen LogP contribution is -2.71. The summed E-state index contributed by atoms with van der Waals surface area (Å²) in [5, 5.41) is 32.8. The summed E-state index contributed by atoms with van der Waals surface area (Å²) in [6.07, 6.45) is 0. The number of carbonyl (C=O) groups is 8. The number of hydrogen-bond acceptors (Lipinski definition) is 10. The maximum atomic E-state index is 10.5. The van der Waals surface area contributed by atoms with Crippen molar-refractivity contribution < 1.29 is 68.3 Å². The van der Waals surface area contributed by atoms with Gasteiger partial charge in [-0.05, 0) is 0 Å². The molecular weight excluding hydrogens is 344 g/mol. The van der Waals surface area contributed by atoms with E-state index < -0.39 is 58.6 Å². The molecule has 0 aromatic heterocycles. The van der Waals surface area contributed by atoms with Crippen molar-refractivity contribution in [1.29, 1.82) is 0 Å². The van der Waals surface area contributed by atoms with Crippen molar-refractivity contribution in [3.05, 3.63) is 0 Å². The molecule has 2 aliphatic rings. The normalized spacial score (nSPS) is 17.3. The molecule has 0 aromatic carbocycles. The lowest BCUT2D eigenvalue weighted by Gasteiger charge is -2.36. The number of ether oxygens (including phenoxy) is 2. The van der Waals surface area contributed by atoms with Crippen LogP contribution in [0.25, 0.3) is 0 Å². The van der Waals surface area contributed by atoms with Gasteiger partial charge in [-0.25, -0.2) is 38.4 Å². The second-order valence-corrected chi connectivity index (χ2v) is 4.07. The molecule has 0 bridgehead atoms. The summed E-state index contributed by atoms with van der Waals surface area (Å²) in [6, 6.07) is 0. The summed E-state index contributed by atoms with van der Waals surface area (Å²) in [5.41, 5.74) is -6.06. The topological polar surface area (TPSA) is 236 Å². The quantitative estimate of drug-likeness (QED) is 0.284. The minimum absolute atomic E-state index is 1.14. The maximum Gasteiger partial charge on any atom is 0.357 e. The standard InChI is InChI=1S/C5H4O8.C5O6/c6-1(7)5(2(8)9,3(10)11)4(12)13;6-1-5(2(7)10-1)3(8)11-4(5)9/h(H,6,7)(H,8,9)(H,10,11)(H,12,13);. The van der Waals surface area contributed by atoms with E-state index in [-0.39, 0.29) is 0 Å². The van der Waals surface area contributed by atoms with Crippen LogP contribution < -0.4 is 0 Å². The maximum absolute atomic E-state index is 10.5. The first kappa shape index (κ1) is 18.2. The van der Waals surface area contributed by atoms with Gasteiger partial charge in [0.1, 0.15) is 0 Å². The lowest BCUT2D eigenvalue weighted by molar-refractivity contribution is -0.224. The van der Waals surface area contributed by atoms with Crippen molar-refractivity contribution in [2.24, 2.45) is 10.8 Å². The highest BCUT2D eigenvalue weighted by molar-refractivity contribution is 6.46. The summed E-state index contributed by atoms with van der Waals surface area (Å²) in [4.78, 5) is 82.8. The van der Waals surface area contributed by atoms with Crippen LogP contribution in [-0.4, -0.2) is 68.2 Å². The predicted molar refractivity (Wildman–Crippen MR) is 57.6 cm³/mol. The van der Waals surface area contributed by atoms with E-state index in [1.54, 1.807) is 0 Å². The molecule has 2 saturated heterocycles. The van der Waals surface area contributed by atoms with Crippen LogP contribution in [-0.2, 0) is 47.8 Å². The molecule has 2 fully saturated rings. The van der Waals surface area contributed by atoms with Crippen LogP contribution in [0.15, 0.2) is 0 Å². The fourth-order valence-electron chi connectivity index (χ4n) is 1.43. The number of hydrogen-bond donors (Lipinski definition) is 4. The Labute approximate surface area is 128 Å².